The Morgan fingerprint density at radius 1 is 0.515 bits per heavy atom. The second kappa shape index (κ2) is 12.1. The van der Waals surface area contributed by atoms with E-state index in [0.29, 0.717) is 13.1 Å². The lowest BCUT2D eigenvalue weighted by molar-refractivity contribution is 0.131. The average molecular weight is 471 g/mol. The molecule has 2 aliphatic rings. The highest BCUT2D eigenvalue weighted by Crippen LogP contribution is 2.10. The molecule has 0 N–H and O–H groups in total. The van der Waals surface area contributed by atoms with Crippen molar-refractivity contribution in [1.82, 2.24) is 19.6 Å². The highest BCUT2D eigenvalue weighted by Gasteiger charge is 2.22. The lowest BCUT2D eigenvalue weighted by Crippen LogP contribution is -2.48. The first kappa shape index (κ1) is 24.4. The molecule has 0 bridgehead atoms. The Labute approximate surface area is 199 Å². The topological polar surface area (TPSA) is 47.1 Å². The standard InChI is InChI=1S/C26H38N4O2S/c31-33(32,21-19-27-11-15-29(16-12-27)23-25-7-3-1-4-8-25)22-20-28-13-17-30(18-14-28)24-26-9-5-2-6-10-26/h1-10H,11-24H2. The van der Waals surface area contributed by atoms with Gasteiger partial charge in [-0.25, -0.2) is 8.42 Å². The quantitative estimate of drug-likeness (QED) is 0.530. The number of benzene rings is 2. The normalized spacial score (nSPS) is 19.6. The fourth-order valence-corrected chi connectivity index (χ4v) is 5.94. The number of sulfone groups is 1. The smallest absolute Gasteiger partial charge is 0.152 e. The first-order chi connectivity index (χ1) is 16.1. The predicted octanol–water partition coefficient (Wildman–Crippen LogP) is 2.04. The first-order valence-electron chi connectivity index (χ1n) is 12.2. The number of hydrogen-bond acceptors (Lipinski definition) is 6. The van der Waals surface area contributed by atoms with Crippen molar-refractivity contribution in [3.8, 4) is 0 Å². The Morgan fingerprint density at radius 3 is 1.21 bits per heavy atom. The second-order valence-electron chi connectivity index (χ2n) is 9.36. The minimum Gasteiger partial charge on any atom is -0.300 e. The van der Waals surface area contributed by atoms with E-state index in [-0.39, 0.29) is 11.5 Å². The van der Waals surface area contributed by atoms with E-state index in [2.05, 4.69) is 68.1 Å². The van der Waals surface area contributed by atoms with Crippen molar-refractivity contribution >= 4 is 9.84 Å². The maximum atomic E-state index is 12.7. The third-order valence-corrected chi connectivity index (χ3v) is 8.47. The molecular weight excluding hydrogens is 432 g/mol. The average Bonchev–Trinajstić information content (AvgIpc) is 2.85. The zero-order valence-electron chi connectivity index (χ0n) is 19.7. The van der Waals surface area contributed by atoms with Crippen molar-refractivity contribution in [2.24, 2.45) is 0 Å². The molecule has 33 heavy (non-hydrogen) atoms. The molecule has 2 saturated heterocycles. The minimum absolute atomic E-state index is 0.277. The molecule has 180 valence electrons. The van der Waals surface area contributed by atoms with Crippen LogP contribution < -0.4 is 0 Å². The molecular formula is C26H38N4O2S. The van der Waals surface area contributed by atoms with Gasteiger partial charge in [0.15, 0.2) is 9.84 Å². The summed E-state index contributed by atoms with van der Waals surface area (Å²) in [5, 5.41) is 0. The molecule has 2 fully saturated rings. The van der Waals surface area contributed by atoms with Crippen LogP contribution in [0.5, 0.6) is 0 Å². The van der Waals surface area contributed by atoms with Crippen LogP contribution in [-0.2, 0) is 22.9 Å². The molecule has 0 atom stereocenters. The third kappa shape index (κ3) is 8.19. The molecule has 2 aromatic carbocycles. The van der Waals surface area contributed by atoms with E-state index >= 15 is 0 Å². The van der Waals surface area contributed by atoms with Crippen LogP contribution in [-0.4, -0.2) is 105 Å². The van der Waals surface area contributed by atoms with E-state index in [9.17, 15) is 8.42 Å². The lowest BCUT2D eigenvalue weighted by atomic mass is 10.2. The summed E-state index contributed by atoms with van der Waals surface area (Å²) in [6.07, 6.45) is 0. The molecule has 0 unspecified atom stereocenters. The summed E-state index contributed by atoms with van der Waals surface area (Å²) < 4.78 is 25.3. The van der Waals surface area contributed by atoms with Crippen molar-refractivity contribution in [3.63, 3.8) is 0 Å². The zero-order chi connectivity index (χ0) is 22.9. The molecule has 4 rings (SSSR count). The van der Waals surface area contributed by atoms with Crippen LogP contribution in [0.2, 0.25) is 0 Å². The fourth-order valence-electron chi connectivity index (χ4n) is 4.66. The number of hydrogen-bond donors (Lipinski definition) is 0. The maximum absolute atomic E-state index is 12.7. The lowest BCUT2D eigenvalue weighted by Gasteiger charge is -2.35. The van der Waals surface area contributed by atoms with Gasteiger partial charge in [0.05, 0.1) is 11.5 Å². The van der Waals surface area contributed by atoms with E-state index in [4.69, 9.17) is 0 Å². The zero-order valence-corrected chi connectivity index (χ0v) is 20.5. The summed E-state index contributed by atoms with van der Waals surface area (Å²) in [6, 6.07) is 21.1. The Hall–Kier alpha value is -1.77. The summed E-state index contributed by atoms with van der Waals surface area (Å²) in [7, 11) is -3.02. The van der Waals surface area contributed by atoms with Crippen LogP contribution >= 0.6 is 0 Å². The van der Waals surface area contributed by atoms with Gasteiger partial charge in [-0.3, -0.25) is 19.6 Å². The van der Waals surface area contributed by atoms with Gasteiger partial charge in [-0.2, -0.15) is 0 Å². The Kier molecular flexibility index (Phi) is 8.92. The molecule has 0 spiro atoms. The van der Waals surface area contributed by atoms with Gasteiger partial charge < -0.3 is 0 Å². The van der Waals surface area contributed by atoms with Gasteiger partial charge >= 0.3 is 0 Å². The molecule has 2 aliphatic heterocycles. The predicted molar refractivity (Wildman–Crippen MR) is 135 cm³/mol. The van der Waals surface area contributed by atoms with Gasteiger partial charge in [-0.1, -0.05) is 60.7 Å². The van der Waals surface area contributed by atoms with Crippen molar-refractivity contribution in [3.05, 3.63) is 71.8 Å². The Balaban J connectivity index is 1.10. The second-order valence-corrected chi connectivity index (χ2v) is 11.7. The van der Waals surface area contributed by atoms with E-state index in [1.165, 1.54) is 11.1 Å². The Morgan fingerprint density at radius 2 is 0.848 bits per heavy atom. The van der Waals surface area contributed by atoms with Crippen LogP contribution in [0.4, 0.5) is 0 Å². The van der Waals surface area contributed by atoms with E-state index in [1.807, 2.05) is 12.1 Å². The van der Waals surface area contributed by atoms with E-state index in [1.54, 1.807) is 0 Å². The summed E-state index contributed by atoms with van der Waals surface area (Å²) in [5.41, 5.74) is 2.68. The largest absolute Gasteiger partial charge is 0.300 e. The van der Waals surface area contributed by atoms with Gasteiger partial charge in [-0.15, -0.1) is 0 Å². The van der Waals surface area contributed by atoms with Crippen LogP contribution in [0.25, 0.3) is 0 Å². The molecule has 0 aliphatic carbocycles. The van der Waals surface area contributed by atoms with Crippen LogP contribution in [0, 0.1) is 0 Å². The number of piperazine rings is 2. The summed E-state index contributed by atoms with van der Waals surface area (Å²) in [4.78, 5) is 9.53. The maximum Gasteiger partial charge on any atom is 0.152 e. The molecule has 2 aromatic rings. The monoisotopic (exact) mass is 470 g/mol. The Bertz CT molecular complexity index is 852. The molecule has 7 heteroatoms. The molecule has 2 heterocycles. The highest BCUT2D eigenvalue weighted by atomic mass is 32.2. The van der Waals surface area contributed by atoms with Gasteiger partial charge in [0, 0.05) is 78.5 Å². The summed E-state index contributed by atoms with van der Waals surface area (Å²) in [6.45, 7) is 11.1. The van der Waals surface area contributed by atoms with Crippen LogP contribution in [0.3, 0.4) is 0 Å². The first-order valence-corrected chi connectivity index (χ1v) is 14.1. The number of nitrogens with zero attached hydrogens (tertiary/aromatic N) is 4. The molecule has 0 amide bonds. The van der Waals surface area contributed by atoms with E-state index < -0.39 is 9.84 Å². The van der Waals surface area contributed by atoms with Gasteiger partial charge in [0.25, 0.3) is 0 Å². The molecule has 6 nitrogen and oxygen atoms in total. The summed E-state index contributed by atoms with van der Waals surface area (Å²) in [5.74, 6) is 0.555. The molecule has 0 radical (unpaired) electrons. The van der Waals surface area contributed by atoms with E-state index in [0.717, 1.165) is 65.4 Å². The van der Waals surface area contributed by atoms with Crippen LogP contribution in [0.15, 0.2) is 60.7 Å². The van der Waals surface area contributed by atoms with Gasteiger partial charge in [0.2, 0.25) is 0 Å². The van der Waals surface area contributed by atoms with Crippen molar-refractivity contribution < 1.29 is 8.42 Å². The molecule has 0 saturated carbocycles. The highest BCUT2D eigenvalue weighted by molar-refractivity contribution is 7.91. The third-order valence-electron chi connectivity index (χ3n) is 6.86. The SMILES string of the molecule is O=S(=O)(CCN1CCN(Cc2ccccc2)CC1)CCN1CCN(Cc2ccccc2)CC1. The minimum atomic E-state index is -3.02. The van der Waals surface area contributed by atoms with Crippen LogP contribution in [0.1, 0.15) is 11.1 Å². The molecule has 0 aromatic heterocycles. The van der Waals surface area contributed by atoms with Crippen molar-refractivity contribution in [1.29, 1.82) is 0 Å². The van der Waals surface area contributed by atoms with Gasteiger partial charge in [0.1, 0.15) is 0 Å². The van der Waals surface area contributed by atoms with Crippen molar-refractivity contribution in [2.75, 3.05) is 77.0 Å². The van der Waals surface area contributed by atoms with Gasteiger partial charge in [-0.05, 0) is 11.1 Å². The fraction of sp³-hybridized carbons (Fsp3) is 0.538. The summed E-state index contributed by atoms with van der Waals surface area (Å²) >= 11 is 0. The number of rotatable bonds is 10. The van der Waals surface area contributed by atoms with Crippen molar-refractivity contribution in [2.45, 2.75) is 13.1 Å².